The lowest BCUT2D eigenvalue weighted by Crippen LogP contribution is -2.48. The lowest BCUT2D eigenvalue weighted by molar-refractivity contribution is -0.151. The predicted octanol–water partition coefficient (Wildman–Crippen LogP) is 2.75. The molecule has 0 radical (unpaired) electrons. The van der Waals surface area contributed by atoms with Crippen LogP contribution in [0.5, 0.6) is 11.5 Å². The summed E-state index contributed by atoms with van der Waals surface area (Å²) in [6.45, 7) is 5.69. The van der Waals surface area contributed by atoms with E-state index in [0.29, 0.717) is 24.5 Å². The SMILES string of the molecule is C=COC1C=CC2(C(=O)OCC)c3cccc(OC)c3OC2C1. The number of carbonyl (C=O) groups excluding carboxylic acids is 1. The maximum absolute atomic E-state index is 12.8. The maximum atomic E-state index is 12.8. The van der Waals surface area contributed by atoms with E-state index in [1.54, 1.807) is 14.0 Å². The molecule has 1 aromatic rings. The topological polar surface area (TPSA) is 54.0 Å². The first-order valence-corrected chi connectivity index (χ1v) is 7.64. The molecule has 0 aromatic heterocycles. The molecular formula is C18H20O5. The Bertz CT molecular complexity index is 651. The smallest absolute Gasteiger partial charge is 0.324 e. The van der Waals surface area contributed by atoms with Crippen molar-refractivity contribution in [2.24, 2.45) is 0 Å². The Kier molecular flexibility index (Phi) is 4.03. The third kappa shape index (κ3) is 2.27. The zero-order chi connectivity index (χ0) is 16.4. The molecule has 1 aromatic carbocycles. The Morgan fingerprint density at radius 1 is 1.52 bits per heavy atom. The molecule has 1 aliphatic carbocycles. The predicted molar refractivity (Wildman–Crippen MR) is 84.5 cm³/mol. The van der Waals surface area contributed by atoms with Crippen LogP contribution < -0.4 is 9.47 Å². The van der Waals surface area contributed by atoms with Gasteiger partial charge in [-0.25, -0.2) is 0 Å². The van der Waals surface area contributed by atoms with Crippen molar-refractivity contribution >= 4 is 5.97 Å². The van der Waals surface area contributed by atoms with Gasteiger partial charge in [0, 0.05) is 12.0 Å². The minimum Gasteiger partial charge on any atom is -0.494 e. The lowest BCUT2D eigenvalue weighted by Gasteiger charge is -2.34. The van der Waals surface area contributed by atoms with Crippen molar-refractivity contribution in [1.82, 2.24) is 0 Å². The van der Waals surface area contributed by atoms with Crippen LogP contribution in [-0.4, -0.2) is 31.9 Å². The van der Waals surface area contributed by atoms with Gasteiger partial charge >= 0.3 is 5.97 Å². The molecule has 2 aliphatic rings. The number of esters is 1. The first kappa shape index (κ1) is 15.5. The summed E-state index contributed by atoms with van der Waals surface area (Å²) in [6.07, 6.45) is 5.04. The van der Waals surface area contributed by atoms with Crippen molar-refractivity contribution in [1.29, 1.82) is 0 Å². The zero-order valence-electron chi connectivity index (χ0n) is 13.3. The molecule has 5 nitrogen and oxygen atoms in total. The number of ether oxygens (including phenoxy) is 4. The average Bonchev–Trinajstić information content (AvgIpc) is 2.90. The van der Waals surface area contributed by atoms with Crippen LogP contribution in [0.3, 0.4) is 0 Å². The van der Waals surface area contributed by atoms with Gasteiger partial charge in [-0.3, -0.25) is 4.79 Å². The van der Waals surface area contributed by atoms with E-state index in [2.05, 4.69) is 6.58 Å². The number of methoxy groups -OCH3 is 1. The van der Waals surface area contributed by atoms with Gasteiger partial charge in [0.15, 0.2) is 16.9 Å². The van der Waals surface area contributed by atoms with Crippen LogP contribution in [0.4, 0.5) is 0 Å². The molecule has 23 heavy (non-hydrogen) atoms. The molecule has 5 heteroatoms. The second-order valence-electron chi connectivity index (χ2n) is 5.47. The summed E-state index contributed by atoms with van der Waals surface area (Å²) in [5.74, 6) is 0.887. The zero-order valence-corrected chi connectivity index (χ0v) is 13.3. The summed E-state index contributed by atoms with van der Waals surface area (Å²) in [5.41, 5.74) is -0.186. The largest absolute Gasteiger partial charge is 0.494 e. The highest BCUT2D eigenvalue weighted by molar-refractivity contribution is 5.90. The average molecular weight is 316 g/mol. The van der Waals surface area contributed by atoms with Gasteiger partial charge in [0.1, 0.15) is 12.2 Å². The van der Waals surface area contributed by atoms with Crippen LogP contribution in [0, 0.1) is 0 Å². The van der Waals surface area contributed by atoms with Crippen LogP contribution >= 0.6 is 0 Å². The van der Waals surface area contributed by atoms with E-state index in [-0.39, 0.29) is 12.1 Å². The first-order chi connectivity index (χ1) is 11.2. The fraction of sp³-hybridized carbons (Fsp3) is 0.389. The number of hydrogen-bond donors (Lipinski definition) is 0. The Labute approximate surface area is 135 Å². The van der Waals surface area contributed by atoms with Crippen LogP contribution in [-0.2, 0) is 19.7 Å². The number of rotatable bonds is 5. The Hall–Kier alpha value is -2.43. The van der Waals surface area contributed by atoms with Gasteiger partial charge in [-0.2, -0.15) is 0 Å². The molecule has 3 rings (SSSR count). The van der Waals surface area contributed by atoms with Gasteiger partial charge in [0.05, 0.1) is 20.0 Å². The van der Waals surface area contributed by atoms with Gasteiger partial charge in [-0.1, -0.05) is 24.8 Å². The second kappa shape index (κ2) is 5.99. The molecule has 0 amide bonds. The van der Waals surface area contributed by atoms with E-state index in [9.17, 15) is 4.79 Å². The molecule has 1 aliphatic heterocycles. The van der Waals surface area contributed by atoms with Crippen molar-refractivity contribution in [3.05, 3.63) is 48.8 Å². The van der Waals surface area contributed by atoms with Crippen LogP contribution in [0.2, 0.25) is 0 Å². The van der Waals surface area contributed by atoms with E-state index >= 15 is 0 Å². The normalized spacial score (nSPS) is 27.4. The Morgan fingerprint density at radius 3 is 3.04 bits per heavy atom. The van der Waals surface area contributed by atoms with Gasteiger partial charge in [-0.15, -0.1) is 0 Å². The van der Waals surface area contributed by atoms with Gasteiger partial charge in [0.2, 0.25) is 0 Å². The van der Waals surface area contributed by atoms with Crippen LogP contribution in [0.15, 0.2) is 43.2 Å². The lowest BCUT2D eigenvalue weighted by atomic mass is 9.72. The molecule has 0 fully saturated rings. The standard InChI is InChI=1S/C18H20O5/c1-4-21-12-9-10-18(17(19)22-5-2)13-7-6-8-14(20-3)16(13)23-15(18)11-12/h4,6-10,12,15H,1,5,11H2,2-3H3. The van der Waals surface area contributed by atoms with E-state index in [1.807, 2.05) is 30.4 Å². The van der Waals surface area contributed by atoms with E-state index in [0.717, 1.165) is 5.56 Å². The highest BCUT2D eigenvalue weighted by atomic mass is 16.6. The molecular weight excluding hydrogens is 296 g/mol. The number of carbonyl (C=O) groups is 1. The minimum atomic E-state index is -0.957. The Morgan fingerprint density at radius 2 is 2.35 bits per heavy atom. The summed E-state index contributed by atoms with van der Waals surface area (Å²) >= 11 is 0. The number of para-hydroxylation sites is 1. The third-order valence-electron chi connectivity index (χ3n) is 4.32. The molecule has 3 atom stereocenters. The molecule has 3 unspecified atom stereocenters. The quantitative estimate of drug-likeness (QED) is 0.475. The summed E-state index contributed by atoms with van der Waals surface area (Å²) in [6, 6.07) is 5.55. The molecule has 0 saturated heterocycles. The summed E-state index contributed by atoms with van der Waals surface area (Å²) in [7, 11) is 1.58. The molecule has 122 valence electrons. The molecule has 0 saturated carbocycles. The number of hydrogen-bond acceptors (Lipinski definition) is 5. The highest BCUT2D eigenvalue weighted by Gasteiger charge is 2.57. The van der Waals surface area contributed by atoms with E-state index < -0.39 is 11.5 Å². The van der Waals surface area contributed by atoms with E-state index in [4.69, 9.17) is 18.9 Å². The van der Waals surface area contributed by atoms with Crippen molar-refractivity contribution in [3.63, 3.8) is 0 Å². The highest BCUT2D eigenvalue weighted by Crippen LogP contribution is 2.52. The summed E-state index contributed by atoms with van der Waals surface area (Å²) < 4.78 is 22.2. The molecule has 0 bridgehead atoms. The van der Waals surface area contributed by atoms with Gasteiger partial charge < -0.3 is 18.9 Å². The molecule has 0 N–H and O–H groups in total. The number of fused-ring (bicyclic) bond motifs is 3. The van der Waals surface area contributed by atoms with Crippen LogP contribution in [0.1, 0.15) is 18.9 Å². The van der Waals surface area contributed by atoms with E-state index in [1.165, 1.54) is 6.26 Å². The fourth-order valence-electron chi connectivity index (χ4n) is 3.30. The molecule has 1 heterocycles. The van der Waals surface area contributed by atoms with Crippen LogP contribution in [0.25, 0.3) is 0 Å². The van der Waals surface area contributed by atoms with Crippen molar-refractivity contribution < 1.29 is 23.7 Å². The second-order valence-corrected chi connectivity index (χ2v) is 5.47. The molecule has 0 spiro atoms. The Balaban J connectivity index is 2.10. The van der Waals surface area contributed by atoms with Crippen molar-refractivity contribution in [2.45, 2.75) is 31.0 Å². The maximum Gasteiger partial charge on any atom is 0.324 e. The monoisotopic (exact) mass is 316 g/mol. The fourth-order valence-corrected chi connectivity index (χ4v) is 3.30. The number of benzene rings is 1. The van der Waals surface area contributed by atoms with Crippen molar-refractivity contribution in [3.8, 4) is 11.5 Å². The third-order valence-corrected chi connectivity index (χ3v) is 4.32. The summed E-state index contributed by atoms with van der Waals surface area (Å²) in [4.78, 5) is 12.8. The first-order valence-electron chi connectivity index (χ1n) is 7.64. The summed E-state index contributed by atoms with van der Waals surface area (Å²) in [5, 5.41) is 0. The minimum absolute atomic E-state index is 0.180. The van der Waals surface area contributed by atoms with Crippen molar-refractivity contribution in [2.75, 3.05) is 13.7 Å². The van der Waals surface area contributed by atoms with Gasteiger partial charge in [-0.05, 0) is 19.1 Å². The van der Waals surface area contributed by atoms with Gasteiger partial charge in [0.25, 0.3) is 0 Å².